The number of hydrogen-bond donors (Lipinski definition) is 0. The molecular weight excluding hydrogens is 322 g/mol. The zero-order valence-corrected chi connectivity index (χ0v) is 15.0. The first-order valence-electron chi connectivity index (χ1n) is 8.24. The number of rotatable bonds is 5. The first kappa shape index (κ1) is 16.8. The summed E-state index contributed by atoms with van der Waals surface area (Å²) < 4.78 is 5.41. The fraction of sp³-hybridized carbons (Fsp3) is 0.444. The number of benzene rings is 1. The Morgan fingerprint density at radius 2 is 2.04 bits per heavy atom. The number of thiazole rings is 1. The fourth-order valence-electron chi connectivity index (χ4n) is 3.09. The first-order valence-corrected chi connectivity index (χ1v) is 9.12. The van der Waals surface area contributed by atoms with Crippen molar-refractivity contribution in [2.24, 2.45) is 0 Å². The predicted molar refractivity (Wildman–Crippen MR) is 96.9 cm³/mol. The van der Waals surface area contributed by atoms with Crippen LogP contribution < -0.4 is 9.64 Å². The summed E-state index contributed by atoms with van der Waals surface area (Å²) >= 11 is 1.65. The van der Waals surface area contributed by atoms with Crippen LogP contribution in [0.4, 0.5) is 5.13 Å². The number of carbonyl (C=O) groups is 1. The molecule has 24 heavy (non-hydrogen) atoms. The molecule has 6 heteroatoms. The van der Waals surface area contributed by atoms with Crippen LogP contribution in [0.15, 0.2) is 35.8 Å². The lowest BCUT2D eigenvalue weighted by Crippen LogP contribution is -2.49. The Hall–Kier alpha value is -2.08. The zero-order valence-electron chi connectivity index (χ0n) is 14.1. The Bertz CT molecular complexity index is 667. The summed E-state index contributed by atoms with van der Waals surface area (Å²) in [6, 6.07) is 7.93. The van der Waals surface area contributed by atoms with Crippen molar-refractivity contribution < 1.29 is 9.53 Å². The monoisotopic (exact) mass is 345 g/mol. The van der Waals surface area contributed by atoms with Crippen LogP contribution in [0.1, 0.15) is 24.8 Å². The number of piperazine rings is 1. The molecule has 128 valence electrons. The van der Waals surface area contributed by atoms with Crippen LogP contribution in [0.25, 0.3) is 0 Å². The van der Waals surface area contributed by atoms with Gasteiger partial charge in [0.2, 0.25) is 5.91 Å². The highest BCUT2D eigenvalue weighted by molar-refractivity contribution is 7.13. The van der Waals surface area contributed by atoms with Crippen molar-refractivity contribution in [2.45, 2.75) is 19.3 Å². The number of hydrogen-bond acceptors (Lipinski definition) is 5. The molecule has 1 aliphatic heterocycles. The molecule has 2 heterocycles. The van der Waals surface area contributed by atoms with E-state index in [4.69, 9.17) is 4.74 Å². The van der Waals surface area contributed by atoms with Crippen molar-refractivity contribution in [2.75, 3.05) is 38.2 Å². The minimum absolute atomic E-state index is 0.144. The third-order valence-corrected chi connectivity index (χ3v) is 5.31. The van der Waals surface area contributed by atoms with E-state index in [1.165, 1.54) is 0 Å². The van der Waals surface area contributed by atoms with Crippen LogP contribution in [0, 0.1) is 0 Å². The number of nitrogens with zero attached hydrogens (tertiary/aromatic N) is 3. The molecular formula is C18H23N3O2S. The quantitative estimate of drug-likeness (QED) is 0.836. The summed E-state index contributed by atoms with van der Waals surface area (Å²) in [6.45, 7) is 5.31. The van der Waals surface area contributed by atoms with Gasteiger partial charge in [-0.15, -0.1) is 11.3 Å². The molecule has 1 saturated heterocycles. The number of methoxy groups -OCH3 is 1. The molecule has 1 amide bonds. The standard InChI is InChI=1S/C18H23N3O2S/c1-14(15-5-3-4-6-16(15)23-2)13-17(22)20-8-10-21(11-9-20)18-19-7-12-24-18/h3-7,12,14H,8-11,13H2,1-2H3/t14-/m1/s1. The third-order valence-electron chi connectivity index (χ3n) is 4.47. The maximum absolute atomic E-state index is 12.6. The van der Waals surface area contributed by atoms with Crippen molar-refractivity contribution in [1.82, 2.24) is 9.88 Å². The van der Waals surface area contributed by atoms with E-state index >= 15 is 0 Å². The summed E-state index contributed by atoms with van der Waals surface area (Å²) in [5.41, 5.74) is 1.09. The summed E-state index contributed by atoms with van der Waals surface area (Å²) in [7, 11) is 1.67. The fourth-order valence-corrected chi connectivity index (χ4v) is 3.79. The number of anilines is 1. The Morgan fingerprint density at radius 1 is 1.29 bits per heavy atom. The highest BCUT2D eigenvalue weighted by Gasteiger charge is 2.24. The van der Waals surface area contributed by atoms with Gasteiger partial charge in [0.05, 0.1) is 7.11 Å². The number of aromatic nitrogens is 1. The highest BCUT2D eigenvalue weighted by Crippen LogP contribution is 2.29. The van der Waals surface area contributed by atoms with E-state index in [-0.39, 0.29) is 11.8 Å². The maximum atomic E-state index is 12.6. The number of ether oxygens (including phenoxy) is 1. The van der Waals surface area contributed by atoms with Crippen LogP contribution in [0.5, 0.6) is 5.75 Å². The van der Waals surface area contributed by atoms with Crippen LogP contribution in [0.3, 0.4) is 0 Å². The van der Waals surface area contributed by atoms with Gasteiger partial charge in [-0.3, -0.25) is 4.79 Å². The van der Waals surface area contributed by atoms with Crippen molar-refractivity contribution in [3.63, 3.8) is 0 Å². The molecule has 0 radical (unpaired) electrons. The molecule has 5 nitrogen and oxygen atoms in total. The van der Waals surface area contributed by atoms with Gasteiger partial charge in [0, 0.05) is 44.2 Å². The van der Waals surface area contributed by atoms with Gasteiger partial charge in [0.1, 0.15) is 5.75 Å². The smallest absolute Gasteiger partial charge is 0.223 e. The minimum Gasteiger partial charge on any atom is -0.496 e. The number of carbonyl (C=O) groups excluding carboxylic acids is 1. The van der Waals surface area contributed by atoms with Gasteiger partial charge in [0.25, 0.3) is 0 Å². The maximum Gasteiger partial charge on any atom is 0.223 e. The number of para-hydroxylation sites is 1. The zero-order chi connectivity index (χ0) is 16.9. The highest BCUT2D eigenvalue weighted by atomic mass is 32.1. The van der Waals surface area contributed by atoms with E-state index in [1.807, 2.05) is 40.7 Å². The molecule has 1 aromatic heterocycles. The van der Waals surface area contributed by atoms with Gasteiger partial charge in [-0.05, 0) is 17.5 Å². The molecule has 0 spiro atoms. The normalized spacial score (nSPS) is 16.1. The SMILES string of the molecule is COc1ccccc1[C@H](C)CC(=O)N1CCN(c2nccs2)CC1. The van der Waals surface area contributed by atoms with Gasteiger partial charge >= 0.3 is 0 Å². The van der Waals surface area contributed by atoms with Gasteiger partial charge in [-0.1, -0.05) is 25.1 Å². The van der Waals surface area contributed by atoms with Crippen LogP contribution >= 0.6 is 11.3 Å². The Labute approximate surface area is 146 Å². The summed E-state index contributed by atoms with van der Waals surface area (Å²) in [5, 5.41) is 3.03. The lowest BCUT2D eigenvalue weighted by molar-refractivity contribution is -0.131. The molecule has 0 saturated carbocycles. The van der Waals surface area contributed by atoms with Crippen molar-refractivity contribution in [1.29, 1.82) is 0 Å². The third kappa shape index (κ3) is 3.70. The van der Waals surface area contributed by atoms with Crippen molar-refractivity contribution in [3.05, 3.63) is 41.4 Å². The van der Waals surface area contributed by atoms with Crippen molar-refractivity contribution in [3.8, 4) is 5.75 Å². The van der Waals surface area contributed by atoms with E-state index in [0.717, 1.165) is 42.6 Å². The molecule has 1 atom stereocenters. The molecule has 0 unspecified atom stereocenters. The predicted octanol–water partition coefficient (Wildman–Crippen LogP) is 2.99. The van der Waals surface area contributed by atoms with E-state index in [1.54, 1.807) is 18.4 Å². The van der Waals surface area contributed by atoms with Gasteiger partial charge in [-0.2, -0.15) is 0 Å². The Kier molecular flexibility index (Phi) is 5.35. The molecule has 2 aromatic rings. The molecule has 0 bridgehead atoms. The summed E-state index contributed by atoms with van der Waals surface area (Å²) in [6.07, 6.45) is 2.34. The Morgan fingerprint density at radius 3 is 2.71 bits per heavy atom. The van der Waals surface area contributed by atoms with Crippen LogP contribution in [-0.2, 0) is 4.79 Å². The Balaban J connectivity index is 1.56. The lowest BCUT2D eigenvalue weighted by atomic mass is 9.96. The summed E-state index contributed by atoms with van der Waals surface area (Å²) in [5.74, 6) is 1.21. The van der Waals surface area contributed by atoms with E-state index in [9.17, 15) is 4.79 Å². The first-order chi connectivity index (χ1) is 11.7. The van der Waals surface area contributed by atoms with E-state index in [2.05, 4.69) is 16.8 Å². The largest absolute Gasteiger partial charge is 0.496 e. The molecule has 1 aliphatic rings. The molecule has 3 rings (SSSR count). The van der Waals surface area contributed by atoms with E-state index in [0.29, 0.717) is 6.42 Å². The molecule has 0 N–H and O–H groups in total. The van der Waals surface area contributed by atoms with Gasteiger partial charge in [-0.25, -0.2) is 4.98 Å². The minimum atomic E-state index is 0.144. The van der Waals surface area contributed by atoms with Gasteiger partial charge < -0.3 is 14.5 Å². The topological polar surface area (TPSA) is 45.7 Å². The average Bonchev–Trinajstić information content (AvgIpc) is 3.16. The second-order valence-corrected chi connectivity index (χ2v) is 6.90. The molecule has 1 aromatic carbocycles. The molecule has 0 aliphatic carbocycles. The average molecular weight is 345 g/mol. The van der Waals surface area contributed by atoms with Crippen LogP contribution in [-0.4, -0.2) is 49.1 Å². The van der Waals surface area contributed by atoms with Crippen LogP contribution in [0.2, 0.25) is 0 Å². The second-order valence-electron chi connectivity index (χ2n) is 6.03. The van der Waals surface area contributed by atoms with E-state index < -0.39 is 0 Å². The van der Waals surface area contributed by atoms with Crippen molar-refractivity contribution >= 4 is 22.4 Å². The summed E-state index contributed by atoms with van der Waals surface area (Å²) in [4.78, 5) is 21.2. The number of amides is 1. The van der Waals surface area contributed by atoms with Gasteiger partial charge in [0.15, 0.2) is 5.13 Å². The second kappa shape index (κ2) is 7.66. The lowest BCUT2D eigenvalue weighted by Gasteiger charge is -2.35. The molecule has 1 fully saturated rings.